The molecule has 0 saturated carbocycles. The molecule has 0 spiro atoms. The average Bonchev–Trinajstić information content (AvgIpc) is 3.00. The molecule has 3 aromatic heterocycles. The molecule has 3 heteroatoms. The molecule has 0 fully saturated rings. The molecule has 0 bridgehead atoms. The summed E-state index contributed by atoms with van der Waals surface area (Å²) in [6, 6.07) is 22.4. The molecule has 6 rings (SSSR count). The van der Waals surface area contributed by atoms with Gasteiger partial charge in [0.05, 0.1) is 30.1 Å². The molecule has 130 valence electrons. The van der Waals surface area contributed by atoms with Gasteiger partial charge in [-0.25, -0.2) is 0 Å². The Hall–Kier alpha value is -2.91. The van der Waals surface area contributed by atoms with Crippen molar-refractivity contribution in [2.45, 2.75) is 19.6 Å². The van der Waals surface area contributed by atoms with E-state index in [4.69, 9.17) is 4.98 Å². The van der Waals surface area contributed by atoms with Crippen LogP contribution in [0.2, 0.25) is 19.6 Å². The molecule has 0 saturated heterocycles. The standard InChI is InChI=1S/C24H20N2Si/c1-27(2,3)16-13-15-11-12-25-23-19-9-6-8-18-17-7-4-5-10-20(17)26(24(18)19)21(14-16)22(15)23/h4-14H,1-3H3. The Morgan fingerprint density at radius 3 is 2.41 bits per heavy atom. The second kappa shape index (κ2) is 4.87. The van der Waals surface area contributed by atoms with E-state index in [2.05, 4.69) is 84.7 Å². The van der Waals surface area contributed by atoms with E-state index in [0.29, 0.717) is 0 Å². The minimum absolute atomic E-state index is 1.12. The van der Waals surface area contributed by atoms with Crippen molar-refractivity contribution in [1.29, 1.82) is 0 Å². The van der Waals surface area contributed by atoms with Gasteiger partial charge >= 0.3 is 0 Å². The van der Waals surface area contributed by atoms with Crippen LogP contribution in [0, 0.1) is 0 Å². The number of hydrogen-bond donors (Lipinski definition) is 0. The van der Waals surface area contributed by atoms with Crippen molar-refractivity contribution in [3.8, 4) is 0 Å². The van der Waals surface area contributed by atoms with Crippen molar-refractivity contribution in [1.82, 2.24) is 9.38 Å². The van der Waals surface area contributed by atoms with Crippen LogP contribution in [-0.2, 0) is 0 Å². The lowest BCUT2D eigenvalue weighted by molar-refractivity contribution is 1.34. The van der Waals surface area contributed by atoms with Gasteiger partial charge in [0.25, 0.3) is 0 Å². The van der Waals surface area contributed by atoms with Crippen LogP contribution in [0.5, 0.6) is 0 Å². The summed E-state index contributed by atoms with van der Waals surface area (Å²) >= 11 is 0. The molecule has 0 atom stereocenters. The van der Waals surface area contributed by atoms with Crippen LogP contribution in [0.15, 0.2) is 66.9 Å². The van der Waals surface area contributed by atoms with Crippen molar-refractivity contribution in [2.24, 2.45) is 0 Å². The van der Waals surface area contributed by atoms with Crippen LogP contribution < -0.4 is 5.19 Å². The molecule has 27 heavy (non-hydrogen) atoms. The Labute approximate surface area is 158 Å². The van der Waals surface area contributed by atoms with E-state index in [-0.39, 0.29) is 0 Å². The van der Waals surface area contributed by atoms with Gasteiger partial charge in [-0.05, 0) is 23.6 Å². The molecule has 0 aliphatic carbocycles. The molecular formula is C24H20N2Si. The largest absolute Gasteiger partial charge is 0.308 e. The molecular weight excluding hydrogens is 344 g/mol. The SMILES string of the molecule is C[Si](C)(C)c1cc2ccnc3c4cccc5c6ccccc6n(c(c1)c23)c54. The van der Waals surface area contributed by atoms with Crippen LogP contribution >= 0.6 is 0 Å². The normalized spacial score (nSPS) is 13.0. The summed E-state index contributed by atoms with van der Waals surface area (Å²) in [5.74, 6) is 0. The Morgan fingerprint density at radius 1 is 0.778 bits per heavy atom. The van der Waals surface area contributed by atoms with E-state index < -0.39 is 8.07 Å². The van der Waals surface area contributed by atoms with Gasteiger partial charge in [0.2, 0.25) is 0 Å². The highest BCUT2D eigenvalue weighted by Gasteiger charge is 2.22. The Kier molecular flexibility index (Phi) is 2.74. The first-order chi connectivity index (χ1) is 13.0. The third kappa shape index (κ3) is 1.87. The van der Waals surface area contributed by atoms with E-state index in [1.807, 2.05) is 6.20 Å². The monoisotopic (exact) mass is 364 g/mol. The molecule has 0 amide bonds. The van der Waals surface area contributed by atoms with E-state index in [1.54, 1.807) is 0 Å². The highest BCUT2D eigenvalue weighted by atomic mass is 28.3. The molecule has 0 unspecified atom stereocenters. The number of para-hydroxylation sites is 2. The molecule has 6 aromatic rings. The molecule has 3 aromatic carbocycles. The summed E-state index contributed by atoms with van der Waals surface area (Å²) < 4.78 is 2.47. The summed E-state index contributed by atoms with van der Waals surface area (Å²) in [4.78, 5) is 4.82. The topological polar surface area (TPSA) is 17.3 Å². The van der Waals surface area contributed by atoms with E-state index >= 15 is 0 Å². The van der Waals surface area contributed by atoms with Gasteiger partial charge < -0.3 is 4.40 Å². The van der Waals surface area contributed by atoms with Crippen LogP contribution in [0.3, 0.4) is 0 Å². The molecule has 0 aliphatic rings. The molecule has 0 N–H and O–H groups in total. The summed E-state index contributed by atoms with van der Waals surface area (Å²) in [6.45, 7) is 7.26. The maximum Gasteiger partial charge on any atom is 0.0822 e. The van der Waals surface area contributed by atoms with Gasteiger partial charge in [-0.3, -0.25) is 4.98 Å². The first-order valence-electron chi connectivity index (χ1n) is 9.50. The predicted octanol–water partition coefficient (Wildman–Crippen LogP) is 5.93. The van der Waals surface area contributed by atoms with Crippen molar-refractivity contribution >= 4 is 62.3 Å². The lowest BCUT2D eigenvalue weighted by atomic mass is 10.0. The fourth-order valence-corrected chi connectivity index (χ4v) is 5.73. The Bertz CT molecular complexity index is 1500. The number of nitrogens with zero attached hydrogens (tertiary/aromatic N) is 2. The van der Waals surface area contributed by atoms with Crippen LogP contribution in [-0.4, -0.2) is 17.5 Å². The molecule has 0 aliphatic heterocycles. The fourth-order valence-electron chi connectivity index (χ4n) is 4.57. The zero-order chi connectivity index (χ0) is 18.3. The highest BCUT2D eigenvalue weighted by molar-refractivity contribution is 6.89. The van der Waals surface area contributed by atoms with Gasteiger partial charge in [0.15, 0.2) is 0 Å². The van der Waals surface area contributed by atoms with Crippen molar-refractivity contribution < 1.29 is 0 Å². The summed E-state index contributed by atoms with van der Waals surface area (Å²) in [6.07, 6.45) is 1.96. The molecule has 0 radical (unpaired) electrons. The maximum atomic E-state index is 4.82. The predicted molar refractivity (Wildman–Crippen MR) is 119 cm³/mol. The Morgan fingerprint density at radius 2 is 1.56 bits per heavy atom. The van der Waals surface area contributed by atoms with Gasteiger partial charge in [-0.1, -0.05) is 67.3 Å². The second-order valence-electron chi connectivity index (χ2n) is 8.56. The van der Waals surface area contributed by atoms with Crippen molar-refractivity contribution in [3.63, 3.8) is 0 Å². The number of pyridine rings is 2. The number of hydrogen-bond acceptors (Lipinski definition) is 1. The third-order valence-corrected chi connectivity index (χ3v) is 7.92. The van der Waals surface area contributed by atoms with Crippen molar-refractivity contribution in [2.75, 3.05) is 0 Å². The van der Waals surface area contributed by atoms with Gasteiger partial charge in [0.1, 0.15) is 0 Å². The van der Waals surface area contributed by atoms with Gasteiger partial charge in [-0.15, -0.1) is 0 Å². The Balaban J connectivity index is 2.04. The lowest BCUT2D eigenvalue weighted by Crippen LogP contribution is -2.37. The van der Waals surface area contributed by atoms with Gasteiger partial charge in [-0.2, -0.15) is 0 Å². The minimum Gasteiger partial charge on any atom is -0.308 e. The van der Waals surface area contributed by atoms with E-state index in [9.17, 15) is 0 Å². The maximum absolute atomic E-state index is 4.82. The van der Waals surface area contributed by atoms with Crippen molar-refractivity contribution in [3.05, 3.63) is 66.9 Å². The highest BCUT2D eigenvalue weighted by Crippen LogP contribution is 2.39. The number of fused-ring (bicyclic) bond motifs is 5. The van der Waals surface area contributed by atoms with Crippen LogP contribution in [0.25, 0.3) is 49.0 Å². The quantitative estimate of drug-likeness (QED) is 0.201. The number of aromatic nitrogens is 2. The fraction of sp³-hybridized carbons (Fsp3) is 0.125. The van der Waals surface area contributed by atoms with E-state index in [0.717, 1.165) is 5.52 Å². The smallest absolute Gasteiger partial charge is 0.0822 e. The molecule has 3 heterocycles. The minimum atomic E-state index is -1.45. The average molecular weight is 365 g/mol. The first kappa shape index (κ1) is 15.2. The van der Waals surface area contributed by atoms with Gasteiger partial charge in [0, 0.05) is 27.7 Å². The zero-order valence-corrected chi connectivity index (χ0v) is 16.7. The zero-order valence-electron chi connectivity index (χ0n) is 15.7. The summed E-state index contributed by atoms with van der Waals surface area (Å²) in [5.41, 5.74) is 4.98. The van der Waals surface area contributed by atoms with Crippen LogP contribution in [0.1, 0.15) is 0 Å². The second-order valence-corrected chi connectivity index (χ2v) is 13.6. The number of rotatable bonds is 1. The summed E-state index contributed by atoms with van der Waals surface area (Å²) in [7, 11) is -1.45. The third-order valence-electron chi connectivity index (χ3n) is 5.90. The lowest BCUT2D eigenvalue weighted by Gasteiger charge is -2.20. The molecule has 2 nitrogen and oxygen atoms in total. The summed E-state index contributed by atoms with van der Waals surface area (Å²) in [5, 5.41) is 7.94. The first-order valence-corrected chi connectivity index (χ1v) is 13.0. The number of benzene rings is 3. The van der Waals surface area contributed by atoms with Crippen LogP contribution in [0.4, 0.5) is 0 Å². The van der Waals surface area contributed by atoms with E-state index in [1.165, 1.54) is 48.7 Å².